The first-order valence-corrected chi connectivity index (χ1v) is 7.92. The molecule has 6 heteroatoms. The van der Waals surface area contributed by atoms with Crippen molar-refractivity contribution in [2.24, 2.45) is 5.10 Å². The van der Waals surface area contributed by atoms with Crippen LogP contribution in [0.5, 0.6) is 0 Å². The van der Waals surface area contributed by atoms with Gasteiger partial charge in [0.2, 0.25) is 0 Å². The topological polar surface area (TPSA) is 71.9 Å². The summed E-state index contributed by atoms with van der Waals surface area (Å²) in [5.74, 6) is 0.741. The monoisotopic (exact) mass is 333 g/mol. The maximum absolute atomic E-state index is 10.9. The Labute approximate surface area is 144 Å². The van der Waals surface area contributed by atoms with Gasteiger partial charge in [0.1, 0.15) is 11.5 Å². The Kier molecular flexibility index (Phi) is 3.78. The number of nitro groups is 1. The van der Waals surface area contributed by atoms with Crippen molar-refractivity contribution in [2.75, 3.05) is 5.01 Å². The van der Waals surface area contributed by atoms with Gasteiger partial charge in [-0.15, -0.1) is 0 Å². The van der Waals surface area contributed by atoms with Gasteiger partial charge < -0.3 is 4.42 Å². The third-order valence-corrected chi connectivity index (χ3v) is 4.23. The number of hydrogen-bond acceptors (Lipinski definition) is 5. The largest absolute Gasteiger partial charge is 0.463 e. The van der Waals surface area contributed by atoms with Crippen LogP contribution in [0.4, 0.5) is 11.4 Å². The maximum atomic E-state index is 10.9. The van der Waals surface area contributed by atoms with Gasteiger partial charge in [-0.3, -0.25) is 15.1 Å². The summed E-state index contributed by atoms with van der Waals surface area (Å²) in [7, 11) is 0. The van der Waals surface area contributed by atoms with E-state index in [9.17, 15) is 10.1 Å². The Bertz CT molecular complexity index is 903. The molecule has 0 radical (unpaired) electrons. The van der Waals surface area contributed by atoms with E-state index in [1.165, 1.54) is 12.1 Å². The molecule has 3 aromatic rings. The van der Waals surface area contributed by atoms with Gasteiger partial charge >= 0.3 is 0 Å². The van der Waals surface area contributed by atoms with Gasteiger partial charge in [-0.25, -0.2) is 0 Å². The molecule has 1 aliphatic rings. The standard InChI is InChI=1S/C19H15N3O3/c23-22(24)16-10-8-15(9-11-16)21-18(14-5-2-1-3-6-14)13-17(20-21)19-7-4-12-25-19/h1-12,18H,13H2/t18-/m0/s1. The van der Waals surface area contributed by atoms with Crippen molar-refractivity contribution in [3.8, 4) is 0 Å². The summed E-state index contributed by atoms with van der Waals surface area (Å²) in [6, 6.07) is 20.3. The first-order valence-electron chi connectivity index (χ1n) is 7.92. The number of nitro benzene ring substituents is 1. The number of anilines is 1. The summed E-state index contributed by atoms with van der Waals surface area (Å²) >= 11 is 0. The predicted octanol–water partition coefficient (Wildman–Crippen LogP) is 4.54. The highest BCUT2D eigenvalue weighted by Gasteiger charge is 2.31. The minimum atomic E-state index is -0.403. The van der Waals surface area contributed by atoms with E-state index in [0.717, 1.165) is 22.7 Å². The fourth-order valence-corrected chi connectivity index (χ4v) is 3.00. The second-order valence-electron chi connectivity index (χ2n) is 5.77. The van der Waals surface area contributed by atoms with Gasteiger partial charge in [0.15, 0.2) is 0 Å². The van der Waals surface area contributed by atoms with Crippen molar-refractivity contribution in [2.45, 2.75) is 12.5 Å². The van der Waals surface area contributed by atoms with E-state index in [-0.39, 0.29) is 11.7 Å². The fraction of sp³-hybridized carbons (Fsp3) is 0.105. The van der Waals surface area contributed by atoms with Crippen LogP contribution in [0.3, 0.4) is 0 Å². The van der Waals surface area contributed by atoms with Crippen LogP contribution in [0, 0.1) is 10.1 Å². The van der Waals surface area contributed by atoms with Gasteiger partial charge in [0.05, 0.1) is 22.9 Å². The third kappa shape index (κ3) is 2.89. The Morgan fingerprint density at radius 1 is 1.04 bits per heavy atom. The Morgan fingerprint density at radius 2 is 1.80 bits per heavy atom. The number of hydrogen-bond donors (Lipinski definition) is 0. The van der Waals surface area contributed by atoms with E-state index in [2.05, 4.69) is 12.1 Å². The molecule has 0 unspecified atom stereocenters. The van der Waals surface area contributed by atoms with E-state index in [0.29, 0.717) is 6.42 Å². The van der Waals surface area contributed by atoms with Gasteiger partial charge in [-0.1, -0.05) is 30.3 Å². The zero-order valence-corrected chi connectivity index (χ0v) is 13.3. The van der Waals surface area contributed by atoms with E-state index < -0.39 is 4.92 Å². The number of hydrazone groups is 1. The number of nitrogens with zero attached hydrogens (tertiary/aromatic N) is 3. The quantitative estimate of drug-likeness (QED) is 0.519. The zero-order chi connectivity index (χ0) is 17.2. The lowest BCUT2D eigenvalue weighted by Gasteiger charge is -2.23. The number of benzene rings is 2. The van der Waals surface area contributed by atoms with Crippen molar-refractivity contribution >= 4 is 17.1 Å². The average molecular weight is 333 g/mol. The van der Waals surface area contributed by atoms with Crippen LogP contribution in [0.15, 0.2) is 82.5 Å². The third-order valence-electron chi connectivity index (χ3n) is 4.23. The number of rotatable bonds is 4. The molecular weight excluding hydrogens is 318 g/mol. The highest BCUT2D eigenvalue weighted by Crippen LogP contribution is 2.37. The molecule has 0 fully saturated rings. The van der Waals surface area contributed by atoms with Crippen LogP contribution in [0.25, 0.3) is 0 Å². The molecule has 0 spiro atoms. The molecule has 2 aromatic carbocycles. The van der Waals surface area contributed by atoms with E-state index in [4.69, 9.17) is 9.52 Å². The summed E-state index contributed by atoms with van der Waals surface area (Å²) in [6.45, 7) is 0. The van der Waals surface area contributed by atoms with Crippen LogP contribution in [0.1, 0.15) is 23.8 Å². The summed E-state index contributed by atoms with van der Waals surface area (Å²) in [5, 5.41) is 17.5. The van der Waals surface area contributed by atoms with Crippen LogP contribution in [-0.2, 0) is 0 Å². The van der Waals surface area contributed by atoms with Crippen LogP contribution >= 0.6 is 0 Å². The lowest BCUT2D eigenvalue weighted by atomic mass is 10.0. The first-order chi connectivity index (χ1) is 12.2. The highest BCUT2D eigenvalue weighted by atomic mass is 16.6. The minimum Gasteiger partial charge on any atom is -0.463 e. The molecule has 124 valence electrons. The van der Waals surface area contributed by atoms with Crippen molar-refractivity contribution < 1.29 is 9.34 Å². The molecule has 0 amide bonds. The van der Waals surface area contributed by atoms with Crippen molar-refractivity contribution in [1.82, 2.24) is 0 Å². The summed E-state index contributed by atoms with van der Waals surface area (Å²) in [6.07, 6.45) is 2.33. The SMILES string of the molecule is O=[N+]([O-])c1ccc(N2N=C(c3ccco3)C[C@H]2c2ccccc2)cc1. The van der Waals surface area contributed by atoms with Crippen LogP contribution < -0.4 is 5.01 Å². The molecule has 1 aromatic heterocycles. The van der Waals surface area contributed by atoms with E-state index in [1.807, 2.05) is 35.3 Å². The summed E-state index contributed by atoms with van der Waals surface area (Å²) in [5.41, 5.74) is 2.86. The first kappa shape index (κ1) is 15.1. The van der Waals surface area contributed by atoms with Crippen molar-refractivity contribution in [1.29, 1.82) is 0 Å². The molecule has 0 bridgehead atoms. The maximum Gasteiger partial charge on any atom is 0.269 e. The smallest absolute Gasteiger partial charge is 0.269 e. The Morgan fingerprint density at radius 3 is 2.44 bits per heavy atom. The molecule has 4 rings (SSSR count). The Hall–Kier alpha value is -3.41. The highest BCUT2D eigenvalue weighted by molar-refractivity contribution is 6.01. The molecule has 1 atom stereocenters. The number of non-ortho nitro benzene ring substituents is 1. The second kappa shape index (κ2) is 6.24. The van der Waals surface area contributed by atoms with Crippen molar-refractivity contribution in [3.05, 3.63) is 94.4 Å². The van der Waals surface area contributed by atoms with Gasteiger partial charge in [0, 0.05) is 18.6 Å². The summed E-state index contributed by atoms with van der Waals surface area (Å²) < 4.78 is 5.49. The second-order valence-corrected chi connectivity index (χ2v) is 5.77. The molecule has 0 aliphatic carbocycles. The molecule has 25 heavy (non-hydrogen) atoms. The Balaban J connectivity index is 1.73. The molecule has 0 N–H and O–H groups in total. The lowest BCUT2D eigenvalue weighted by molar-refractivity contribution is -0.384. The molecule has 0 saturated heterocycles. The van der Waals surface area contributed by atoms with Crippen LogP contribution in [-0.4, -0.2) is 10.6 Å². The molecule has 6 nitrogen and oxygen atoms in total. The molecular formula is C19H15N3O3. The summed E-state index contributed by atoms with van der Waals surface area (Å²) in [4.78, 5) is 10.5. The van der Waals surface area contributed by atoms with Gasteiger partial charge in [0.25, 0.3) is 5.69 Å². The molecule has 0 saturated carbocycles. The van der Waals surface area contributed by atoms with Crippen LogP contribution in [0.2, 0.25) is 0 Å². The number of furan rings is 1. The molecule has 2 heterocycles. The predicted molar refractivity (Wildman–Crippen MR) is 94.6 cm³/mol. The van der Waals surface area contributed by atoms with E-state index in [1.54, 1.807) is 18.4 Å². The van der Waals surface area contributed by atoms with Gasteiger partial charge in [-0.05, 0) is 29.8 Å². The lowest BCUT2D eigenvalue weighted by Crippen LogP contribution is -2.18. The molecule has 1 aliphatic heterocycles. The zero-order valence-electron chi connectivity index (χ0n) is 13.3. The van der Waals surface area contributed by atoms with Crippen molar-refractivity contribution in [3.63, 3.8) is 0 Å². The normalized spacial score (nSPS) is 16.7. The minimum absolute atomic E-state index is 0.0164. The average Bonchev–Trinajstić information content (AvgIpc) is 3.32. The fourth-order valence-electron chi connectivity index (χ4n) is 3.00. The van der Waals surface area contributed by atoms with Gasteiger partial charge in [-0.2, -0.15) is 5.10 Å². The van der Waals surface area contributed by atoms with E-state index >= 15 is 0 Å².